The van der Waals surface area contributed by atoms with Crippen molar-refractivity contribution in [1.82, 2.24) is 4.57 Å². The lowest BCUT2D eigenvalue weighted by Gasteiger charge is -2.17. The number of carbonyl (C=O) groups is 1. The molecule has 0 aliphatic rings. The van der Waals surface area contributed by atoms with Crippen LogP contribution in [0.25, 0.3) is 0 Å². The number of hydrogen-bond donors (Lipinski definition) is 3. The molecule has 1 heterocycles. The van der Waals surface area contributed by atoms with Crippen LogP contribution in [0.1, 0.15) is 22.8 Å². The van der Waals surface area contributed by atoms with Crippen LogP contribution >= 0.6 is 7.82 Å². The van der Waals surface area contributed by atoms with Crippen LogP contribution in [-0.2, 0) is 21.7 Å². The van der Waals surface area contributed by atoms with Crippen LogP contribution in [0.3, 0.4) is 0 Å². The minimum Gasteiger partial charge on any atom is -0.493 e. The van der Waals surface area contributed by atoms with E-state index in [0.717, 1.165) is 47.2 Å². The van der Waals surface area contributed by atoms with Crippen molar-refractivity contribution in [2.45, 2.75) is 19.6 Å². The largest absolute Gasteiger partial charge is 0.493 e. The van der Waals surface area contributed by atoms with Crippen LogP contribution in [-0.4, -0.2) is 27.4 Å². The SMILES string of the molecule is COc1cc(F)ccc1Oc1cc(C(C)(F)F)ccc1C(=O)Nc1ccn(COP(=O)(O)O)c(=O)c1. The zero-order valence-electron chi connectivity index (χ0n) is 18.8. The van der Waals surface area contributed by atoms with Gasteiger partial charge in [-0.25, -0.2) is 17.7 Å². The normalized spacial score (nSPS) is 11.8. The highest BCUT2D eigenvalue weighted by Crippen LogP contribution is 2.38. The molecule has 0 radical (unpaired) electrons. The third kappa shape index (κ3) is 6.95. The Balaban J connectivity index is 1.92. The van der Waals surface area contributed by atoms with E-state index >= 15 is 0 Å². The number of amides is 1. The van der Waals surface area contributed by atoms with Crippen LogP contribution in [0, 0.1) is 5.82 Å². The van der Waals surface area contributed by atoms with Gasteiger partial charge in [0.15, 0.2) is 11.5 Å². The third-order valence-corrected chi connectivity index (χ3v) is 5.15. The summed E-state index contributed by atoms with van der Waals surface area (Å²) >= 11 is 0. The van der Waals surface area contributed by atoms with Gasteiger partial charge in [-0.15, -0.1) is 0 Å². The van der Waals surface area contributed by atoms with Crippen molar-refractivity contribution >= 4 is 19.4 Å². The molecule has 0 saturated heterocycles. The summed E-state index contributed by atoms with van der Waals surface area (Å²) in [6.07, 6.45) is 1.12. The van der Waals surface area contributed by atoms with Crippen molar-refractivity contribution in [3.05, 3.63) is 82.0 Å². The number of nitrogens with one attached hydrogen (secondary N) is 1. The lowest BCUT2D eigenvalue weighted by molar-refractivity contribution is 0.0172. The van der Waals surface area contributed by atoms with Crippen LogP contribution in [0.15, 0.2) is 59.5 Å². The number of hydrogen-bond acceptors (Lipinski definition) is 6. The first kappa shape index (κ1) is 27.0. The van der Waals surface area contributed by atoms with Gasteiger partial charge in [-0.3, -0.25) is 18.7 Å². The molecule has 2 aromatic carbocycles. The van der Waals surface area contributed by atoms with Crippen LogP contribution in [0.5, 0.6) is 17.2 Å². The number of rotatable bonds is 9. The Morgan fingerprint density at radius 1 is 1.08 bits per heavy atom. The molecule has 0 saturated carbocycles. The zero-order chi connectivity index (χ0) is 26.7. The Morgan fingerprint density at radius 2 is 1.81 bits per heavy atom. The molecular weight excluding hydrogens is 508 g/mol. The highest BCUT2D eigenvalue weighted by molar-refractivity contribution is 7.46. The molecule has 36 heavy (non-hydrogen) atoms. The third-order valence-electron chi connectivity index (χ3n) is 4.70. The average Bonchev–Trinajstić information content (AvgIpc) is 2.78. The summed E-state index contributed by atoms with van der Waals surface area (Å²) < 4.78 is 68.0. The number of benzene rings is 2. The average molecular weight is 528 g/mol. The molecule has 1 amide bonds. The first-order valence-electron chi connectivity index (χ1n) is 10.0. The second-order valence-corrected chi connectivity index (χ2v) is 8.66. The summed E-state index contributed by atoms with van der Waals surface area (Å²) in [4.78, 5) is 42.6. The minimum atomic E-state index is -4.81. The molecule has 1 aromatic heterocycles. The summed E-state index contributed by atoms with van der Waals surface area (Å²) in [6.45, 7) is -0.0724. The Morgan fingerprint density at radius 3 is 2.42 bits per heavy atom. The van der Waals surface area contributed by atoms with E-state index < -0.39 is 43.3 Å². The summed E-state index contributed by atoms with van der Waals surface area (Å²) in [5, 5.41) is 2.42. The Hall–Kier alpha value is -3.64. The second-order valence-electron chi connectivity index (χ2n) is 7.42. The molecule has 192 valence electrons. The molecule has 0 aliphatic heterocycles. The maximum Gasteiger partial charge on any atom is 0.471 e. The Kier molecular flexibility index (Phi) is 7.89. The predicted molar refractivity (Wildman–Crippen MR) is 121 cm³/mol. The number of halogens is 3. The maximum absolute atomic E-state index is 13.9. The van der Waals surface area contributed by atoms with Crippen LogP contribution < -0.4 is 20.3 Å². The lowest BCUT2D eigenvalue weighted by Crippen LogP contribution is -2.21. The molecule has 0 spiro atoms. The van der Waals surface area contributed by atoms with Gasteiger partial charge < -0.3 is 24.6 Å². The van der Waals surface area contributed by atoms with Crippen molar-refractivity contribution in [2.24, 2.45) is 0 Å². The second kappa shape index (κ2) is 10.5. The predicted octanol–water partition coefficient (Wildman–Crippen LogP) is 4.22. The molecule has 0 fully saturated rings. The molecule has 10 nitrogen and oxygen atoms in total. The molecule has 0 unspecified atom stereocenters. The summed E-state index contributed by atoms with van der Waals surface area (Å²) in [6, 6.07) is 8.56. The van der Waals surface area contributed by atoms with Gasteiger partial charge in [-0.05, 0) is 30.3 Å². The fourth-order valence-electron chi connectivity index (χ4n) is 2.94. The van der Waals surface area contributed by atoms with Gasteiger partial charge in [-0.1, -0.05) is 6.07 Å². The zero-order valence-corrected chi connectivity index (χ0v) is 19.7. The topological polar surface area (TPSA) is 136 Å². The molecule has 0 bridgehead atoms. The number of pyridine rings is 1. The van der Waals surface area contributed by atoms with Gasteiger partial charge in [0.2, 0.25) is 0 Å². The maximum atomic E-state index is 13.9. The highest BCUT2D eigenvalue weighted by Gasteiger charge is 2.27. The molecule has 0 aliphatic carbocycles. The lowest BCUT2D eigenvalue weighted by atomic mass is 10.1. The number of carbonyl (C=O) groups excluding carboxylic acids is 1. The quantitative estimate of drug-likeness (QED) is 0.352. The van der Waals surface area contributed by atoms with Crippen LogP contribution in [0.4, 0.5) is 18.9 Å². The van der Waals surface area contributed by atoms with E-state index in [1.165, 1.54) is 19.2 Å². The van der Waals surface area contributed by atoms with Gasteiger partial charge in [0.05, 0.1) is 12.7 Å². The smallest absolute Gasteiger partial charge is 0.471 e. The van der Waals surface area contributed by atoms with Gasteiger partial charge in [0.1, 0.15) is 18.3 Å². The van der Waals surface area contributed by atoms with E-state index in [2.05, 4.69) is 9.84 Å². The first-order chi connectivity index (χ1) is 16.8. The fraction of sp³-hybridized carbons (Fsp3) is 0.182. The standard InChI is InChI=1S/C22H20F3N2O8P/c1-22(24,25)13-3-5-16(18(9-13)35-17-6-4-14(23)10-19(17)33-2)21(29)26-15-7-8-27(20(28)11-15)12-34-36(30,31)32/h3-11H,12H2,1-2H3,(H,26,29)(H2,30,31,32). The number of nitrogens with zero attached hydrogens (tertiary/aromatic N) is 1. The molecule has 3 rings (SSSR count). The van der Waals surface area contributed by atoms with Crippen LogP contribution in [0.2, 0.25) is 0 Å². The number of anilines is 1. The number of ether oxygens (including phenoxy) is 2. The van der Waals surface area contributed by atoms with Gasteiger partial charge >= 0.3 is 7.82 Å². The van der Waals surface area contributed by atoms with E-state index in [1.54, 1.807) is 0 Å². The number of phosphoric ester groups is 1. The van der Waals surface area contributed by atoms with Crippen molar-refractivity contribution in [1.29, 1.82) is 0 Å². The first-order valence-corrected chi connectivity index (χ1v) is 11.6. The Bertz CT molecular complexity index is 1380. The van der Waals surface area contributed by atoms with Crippen molar-refractivity contribution < 1.29 is 46.3 Å². The molecule has 3 aromatic rings. The molecule has 0 atom stereocenters. The monoisotopic (exact) mass is 528 g/mol. The fourth-order valence-corrected chi connectivity index (χ4v) is 3.21. The van der Waals surface area contributed by atoms with E-state index in [-0.39, 0.29) is 28.5 Å². The van der Waals surface area contributed by atoms with E-state index in [0.29, 0.717) is 6.92 Å². The number of phosphoric acid groups is 1. The number of aromatic nitrogens is 1. The summed E-state index contributed by atoms with van der Waals surface area (Å²) in [5.41, 5.74) is -1.41. The van der Waals surface area contributed by atoms with Crippen molar-refractivity contribution in [3.8, 4) is 17.2 Å². The number of alkyl halides is 2. The van der Waals surface area contributed by atoms with Crippen molar-refractivity contribution in [2.75, 3.05) is 12.4 Å². The van der Waals surface area contributed by atoms with E-state index in [4.69, 9.17) is 19.3 Å². The van der Waals surface area contributed by atoms with Crippen molar-refractivity contribution in [3.63, 3.8) is 0 Å². The Labute approximate surface area is 202 Å². The van der Waals surface area contributed by atoms with E-state index in [1.807, 2.05) is 0 Å². The molecule has 14 heteroatoms. The van der Waals surface area contributed by atoms with Gasteiger partial charge in [-0.2, -0.15) is 0 Å². The van der Waals surface area contributed by atoms with E-state index in [9.17, 15) is 27.3 Å². The van der Waals surface area contributed by atoms with Gasteiger partial charge in [0, 0.05) is 36.5 Å². The van der Waals surface area contributed by atoms with Gasteiger partial charge in [0.25, 0.3) is 17.4 Å². The minimum absolute atomic E-state index is 0.00681. The molecule has 3 N–H and O–H groups in total. The summed E-state index contributed by atoms with van der Waals surface area (Å²) in [7, 11) is -3.56. The molecular formula is C22H20F3N2O8P. The highest BCUT2D eigenvalue weighted by atomic mass is 31.2. The number of methoxy groups -OCH3 is 1. The summed E-state index contributed by atoms with van der Waals surface area (Å²) in [5.74, 6) is -5.11.